The Morgan fingerprint density at radius 1 is 1.19 bits per heavy atom. The van der Waals surface area contributed by atoms with Crippen molar-refractivity contribution in [3.63, 3.8) is 0 Å². The average Bonchev–Trinajstić information content (AvgIpc) is 2.54. The van der Waals surface area contributed by atoms with Crippen molar-refractivity contribution in [3.05, 3.63) is 0 Å². The molecule has 0 heterocycles. The van der Waals surface area contributed by atoms with Crippen LogP contribution in [0.2, 0.25) is 0 Å². The molecule has 0 amide bonds. The van der Waals surface area contributed by atoms with Gasteiger partial charge < -0.3 is 27.9 Å². The largest absolute Gasteiger partial charge is 0.463 e. The third-order valence-corrected chi connectivity index (χ3v) is 5.34. The van der Waals surface area contributed by atoms with Crippen LogP contribution in [0.4, 0.5) is 0 Å². The molecule has 27 heavy (non-hydrogen) atoms. The normalized spacial score (nSPS) is 16.0. The molecule has 7 nitrogen and oxygen atoms in total. The molecule has 0 rings (SSSR count). The van der Waals surface area contributed by atoms with Crippen molar-refractivity contribution >= 4 is 14.6 Å². The van der Waals surface area contributed by atoms with Crippen LogP contribution in [-0.2, 0) is 23.1 Å². The monoisotopic (exact) mass is 410 g/mol. The first-order valence-corrected chi connectivity index (χ1v) is 10.7. The molecule has 0 aliphatic heterocycles. The van der Waals surface area contributed by atoms with Gasteiger partial charge in [0, 0.05) is 13.5 Å². The zero-order chi connectivity index (χ0) is 21.1. The lowest BCUT2D eigenvalue weighted by Gasteiger charge is -2.26. The van der Waals surface area contributed by atoms with E-state index in [-0.39, 0.29) is 30.5 Å². The first kappa shape index (κ1) is 26.7. The smallest absolute Gasteiger partial charge is 0.332 e. The number of quaternary nitrogens is 1. The molecule has 0 bridgehead atoms. The number of hydrogen-bond acceptors (Lipinski definition) is 6. The van der Waals surface area contributed by atoms with E-state index < -0.39 is 14.7 Å². The molecular weight excluding hydrogens is 369 g/mol. The fourth-order valence-electron chi connectivity index (χ4n) is 2.42. The summed E-state index contributed by atoms with van der Waals surface area (Å²) in [4.78, 5) is 11.9. The number of carbonyl (C=O) groups is 1. The highest BCUT2D eigenvalue weighted by Gasteiger charge is 2.22. The van der Waals surface area contributed by atoms with Crippen molar-refractivity contribution in [1.82, 2.24) is 0 Å². The SMILES string of the molecule is CCC(C)(C)CC(C)CC(=O)OCC(O)COP(OC)OCC[N+](C)(C)C. The highest BCUT2D eigenvalue weighted by atomic mass is 31.2. The summed E-state index contributed by atoms with van der Waals surface area (Å²) < 4.78 is 22.1. The van der Waals surface area contributed by atoms with E-state index in [2.05, 4.69) is 48.8 Å². The van der Waals surface area contributed by atoms with Crippen LogP contribution in [0.25, 0.3) is 0 Å². The minimum atomic E-state index is -1.51. The lowest BCUT2D eigenvalue weighted by Crippen LogP contribution is -2.37. The summed E-state index contributed by atoms with van der Waals surface area (Å²) in [5, 5.41) is 9.95. The van der Waals surface area contributed by atoms with Gasteiger partial charge in [-0.15, -0.1) is 0 Å². The zero-order valence-corrected chi connectivity index (χ0v) is 19.4. The second-order valence-electron chi connectivity index (χ2n) is 8.92. The molecule has 0 saturated heterocycles. The van der Waals surface area contributed by atoms with Gasteiger partial charge >= 0.3 is 14.6 Å². The lowest BCUT2D eigenvalue weighted by molar-refractivity contribution is -0.870. The van der Waals surface area contributed by atoms with Crippen molar-refractivity contribution in [1.29, 1.82) is 0 Å². The molecule has 3 unspecified atom stereocenters. The maximum absolute atomic E-state index is 11.9. The van der Waals surface area contributed by atoms with Gasteiger partial charge in [-0.25, -0.2) is 0 Å². The van der Waals surface area contributed by atoms with Gasteiger partial charge in [-0.3, -0.25) is 4.79 Å². The number of nitrogens with zero attached hydrogens (tertiary/aromatic N) is 1. The van der Waals surface area contributed by atoms with E-state index in [1.54, 1.807) is 0 Å². The Hall–Kier alpha value is -0.300. The maximum atomic E-state index is 11.9. The summed E-state index contributed by atoms with van der Waals surface area (Å²) in [7, 11) is 6.20. The Labute approximate surface area is 166 Å². The Bertz CT molecular complexity index is 413. The summed E-state index contributed by atoms with van der Waals surface area (Å²) in [6.45, 7) is 9.84. The van der Waals surface area contributed by atoms with E-state index in [0.29, 0.717) is 13.0 Å². The molecule has 162 valence electrons. The van der Waals surface area contributed by atoms with Crippen molar-refractivity contribution in [2.45, 2.75) is 53.1 Å². The molecule has 0 aromatic carbocycles. The van der Waals surface area contributed by atoms with Crippen LogP contribution < -0.4 is 0 Å². The summed E-state index contributed by atoms with van der Waals surface area (Å²) >= 11 is 0. The molecule has 0 saturated carbocycles. The molecule has 0 spiro atoms. The standard InChI is InChI=1S/C19H41NO6P/c1-9-19(3,4)13-16(2)12-18(22)24-14-17(21)15-26-27(23-8)25-11-10-20(5,6)7/h16-17,21H,9-15H2,1-8H3/q+1. The van der Waals surface area contributed by atoms with E-state index in [9.17, 15) is 9.90 Å². The molecule has 0 aromatic heterocycles. The average molecular weight is 411 g/mol. The molecule has 0 fully saturated rings. The van der Waals surface area contributed by atoms with Crippen LogP contribution in [0.15, 0.2) is 0 Å². The number of aliphatic hydroxyl groups is 1. The number of ether oxygens (including phenoxy) is 1. The topological polar surface area (TPSA) is 74.2 Å². The summed E-state index contributed by atoms with van der Waals surface area (Å²) in [6.07, 6.45) is 1.49. The Morgan fingerprint density at radius 2 is 1.81 bits per heavy atom. The van der Waals surface area contributed by atoms with E-state index in [1.807, 2.05) is 0 Å². The van der Waals surface area contributed by atoms with Gasteiger partial charge in [-0.2, -0.15) is 0 Å². The van der Waals surface area contributed by atoms with Crippen molar-refractivity contribution in [3.8, 4) is 0 Å². The van der Waals surface area contributed by atoms with Crippen molar-refractivity contribution in [2.75, 3.05) is 54.6 Å². The molecular formula is C19H41NO6P+. The number of aliphatic hydroxyl groups excluding tert-OH is 1. The van der Waals surface area contributed by atoms with Crippen LogP contribution in [0, 0.1) is 11.3 Å². The number of rotatable bonds is 15. The Morgan fingerprint density at radius 3 is 2.33 bits per heavy atom. The van der Waals surface area contributed by atoms with Crippen molar-refractivity contribution in [2.24, 2.45) is 11.3 Å². The molecule has 3 atom stereocenters. The van der Waals surface area contributed by atoms with Crippen LogP contribution >= 0.6 is 8.60 Å². The molecule has 1 N–H and O–H groups in total. The summed E-state index contributed by atoms with van der Waals surface area (Å²) in [5.41, 5.74) is 0.218. The molecule has 0 aromatic rings. The van der Waals surface area contributed by atoms with Gasteiger partial charge in [0.1, 0.15) is 25.9 Å². The fourth-order valence-corrected chi connectivity index (χ4v) is 3.23. The molecule has 0 aliphatic carbocycles. The van der Waals surface area contributed by atoms with Crippen LogP contribution in [0.3, 0.4) is 0 Å². The van der Waals surface area contributed by atoms with Crippen LogP contribution in [0.5, 0.6) is 0 Å². The molecule has 0 radical (unpaired) electrons. The molecule has 0 aliphatic rings. The minimum absolute atomic E-state index is 0.00435. The Kier molecular flexibility index (Phi) is 12.9. The zero-order valence-electron chi connectivity index (χ0n) is 18.5. The van der Waals surface area contributed by atoms with Crippen LogP contribution in [-0.4, -0.2) is 76.3 Å². The highest BCUT2D eigenvalue weighted by molar-refractivity contribution is 7.41. The van der Waals surface area contributed by atoms with Crippen molar-refractivity contribution < 1.29 is 32.7 Å². The van der Waals surface area contributed by atoms with Gasteiger partial charge in [-0.05, 0) is 17.8 Å². The van der Waals surface area contributed by atoms with Gasteiger partial charge in [0.05, 0.1) is 27.7 Å². The van der Waals surface area contributed by atoms with Gasteiger partial charge in [-0.1, -0.05) is 34.1 Å². The summed E-state index contributed by atoms with van der Waals surface area (Å²) in [5.74, 6) is -0.0431. The lowest BCUT2D eigenvalue weighted by atomic mass is 9.80. The van der Waals surface area contributed by atoms with E-state index in [1.165, 1.54) is 7.11 Å². The third-order valence-electron chi connectivity index (χ3n) is 4.29. The van der Waals surface area contributed by atoms with E-state index in [4.69, 9.17) is 18.3 Å². The third kappa shape index (κ3) is 15.3. The number of carbonyl (C=O) groups excluding carboxylic acids is 1. The maximum Gasteiger partial charge on any atom is 0.332 e. The second kappa shape index (κ2) is 13.0. The van der Waals surface area contributed by atoms with Gasteiger partial charge in [0.2, 0.25) is 0 Å². The quantitative estimate of drug-likeness (QED) is 0.254. The highest BCUT2D eigenvalue weighted by Crippen LogP contribution is 2.38. The first-order valence-electron chi connectivity index (χ1n) is 9.62. The van der Waals surface area contributed by atoms with Crippen LogP contribution in [0.1, 0.15) is 47.0 Å². The van der Waals surface area contributed by atoms with E-state index >= 15 is 0 Å². The Balaban J connectivity index is 4.03. The number of hydrogen-bond donors (Lipinski definition) is 1. The minimum Gasteiger partial charge on any atom is -0.463 e. The number of esters is 1. The number of likely N-dealkylation sites (N-methyl/N-ethyl adjacent to an activating group) is 1. The fraction of sp³-hybridized carbons (Fsp3) is 0.947. The predicted molar refractivity (Wildman–Crippen MR) is 108 cm³/mol. The van der Waals surface area contributed by atoms with E-state index in [0.717, 1.165) is 23.9 Å². The first-order chi connectivity index (χ1) is 12.4. The second-order valence-corrected chi connectivity index (χ2v) is 10.2. The van der Waals surface area contributed by atoms with Gasteiger partial charge in [0.15, 0.2) is 0 Å². The summed E-state index contributed by atoms with van der Waals surface area (Å²) in [6, 6.07) is 0. The van der Waals surface area contributed by atoms with Gasteiger partial charge in [0.25, 0.3) is 0 Å². The predicted octanol–water partition coefficient (Wildman–Crippen LogP) is 3.36. The molecule has 8 heteroatoms.